The van der Waals surface area contributed by atoms with Crippen LogP contribution in [0.4, 0.5) is 5.82 Å². The van der Waals surface area contributed by atoms with Gasteiger partial charge in [0.25, 0.3) is 5.91 Å². The Labute approximate surface area is 111 Å². The molecule has 3 N–H and O–H groups in total. The maximum Gasteiger partial charge on any atom is 0.271 e. The van der Waals surface area contributed by atoms with Crippen LogP contribution >= 0.6 is 0 Å². The summed E-state index contributed by atoms with van der Waals surface area (Å²) in [6.45, 7) is 0.905. The number of benzene rings is 1. The maximum absolute atomic E-state index is 11.9. The minimum atomic E-state index is -0.166. The minimum Gasteiger partial charge on any atom is -0.492 e. The molecule has 0 spiro atoms. The van der Waals surface area contributed by atoms with Gasteiger partial charge in [-0.25, -0.2) is 0 Å². The zero-order valence-corrected chi connectivity index (χ0v) is 10.7. The number of aromatic nitrogens is 2. The second-order valence-electron chi connectivity index (χ2n) is 4.09. The van der Waals surface area contributed by atoms with Gasteiger partial charge in [0.2, 0.25) is 0 Å². The monoisotopic (exact) mass is 260 g/mol. The van der Waals surface area contributed by atoms with Crippen LogP contribution in [0.15, 0.2) is 36.4 Å². The van der Waals surface area contributed by atoms with Crippen molar-refractivity contribution >= 4 is 11.7 Å². The minimum absolute atomic E-state index is 0.166. The number of likely N-dealkylation sites (N-methyl/N-ethyl adjacent to an activating group) is 1. The van der Waals surface area contributed by atoms with E-state index >= 15 is 0 Å². The fourth-order valence-corrected chi connectivity index (χ4v) is 1.57. The molecule has 0 radical (unpaired) electrons. The fraction of sp³-hybridized carbons (Fsp3) is 0.231. The van der Waals surface area contributed by atoms with E-state index in [1.165, 1.54) is 6.07 Å². The Balaban J connectivity index is 1.81. The van der Waals surface area contributed by atoms with Crippen molar-refractivity contribution in [3.8, 4) is 5.75 Å². The smallest absolute Gasteiger partial charge is 0.271 e. The summed E-state index contributed by atoms with van der Waals surface area (Å²) < 4.78 is 5.52. The van der Waals surface area contributed by atoms with Crippen LogP contribution in [0.1, 0.15) is 10.5 Å². The summed E-state index contributed by atoms with van der Waals surface area (Å²) in [5.41, 5.74) is 5.83. The number of hydrogen-bond donors (Lipinski definition) is 2. The van der Waals surface area contributed by atoms with Crippen molar-refractivity contribution in [2.45, 2.75) is 0 Å². The molecule has 0 unspecified atom stereocenters. The van der Waals surface area contributed by atoms with E-state index < -0.39 is 0 Å². The van der Waals surface area contributed by atoms with Crippen molar-refractivity contribution < 1.29 is 9.53 Å². The molecule has 0 atom stereocenters. The van der Waals surface area contributed by atoms with E-state index in [2.05, 4.69) is 10.2 Å². The number of ether oxygens (including phenoxy) is 1. The number of carbonyl (C=O) groups is 1. The van der Waals surface area contributed by atoms with Crippen molar-refractivity contribution in [1.82, 2.24) is 15.1 Å². The van der Waals surface area contributed by atoms with Gasteiger partial charge in [0, 0.05) is 13.1 Å². The molecule has 2 aromatic rings. The average Bonchev–Trinajstić information content (AvgIpc) is 2.85. The molecule has 1 amide bonds. The first-order chi connectivity index (χ1) is 9.16. The summed E-state index contributed by atoms with van der Waals surface area (Å²) in [6, 6.07) is 11.0. The highest BCUT2D eigenvalue weighted by Crippen LogP contribution is 2.08. The predicted molar refractivity (Wildman–Crippen MR) is 71.9 cm³/mol. The lowest BCUT2D eigenvalue weighted by Gasteiger charge is -2.16. The van der Waals surface area contributed by atoms with E-state index in [1.54, 1.807) is 11.9 Å². The molecule has 6 heteroatoms. The Morgan fingerprint density at radius 2 is 2.16 bits per heavy atom. The summed E-state index contributed by atoms with van der Waals surface area (Å²) in [4.78, 5) is 13.5. The zero-order valence-electron chi connectivity index (χ0n) is 10.7. The first-order valence-electron chi connectivity index (χ1n) is 5.91. The van der Waals surface area contributed by atoms with E-state index in [-0.39, 0.29) is 5.91 Å². The second-order valence-corrected chi connectivity index (χ2v) is 4.09. The lowest BCUT2D eigenvalue weighted by Crippen LogP contribution is -2.31. The van der Waals surface area contributed by atoms with Crippen LogP contribution in [0.3, 0.4) is 0 Å². The quantitative estimate of drug-likeness (QED) is 0.844. The molecular formula is C13H16N4O2. The number of nitrogen functional groups attached to an aromatic ring is 1. The van der Waals surface area contributed by atoms with Crippen LogP contribution in [0.5, 0.6) is 5.75 Å². The SMILES string of the molecule is CN(CCOc1ccccc1)C(=O)c1cc(N)n[nH]1. The van der Waals surface area contributed by atoms with Gasteiger partial charge in [-0.2, -0.15) is 5.10 Å². The molecule has 0 saturated heterocycles. The number of hydrogen-bond acceptors (Lipinski definition) is 4. The Bertz CT molecular complexity index is 539. The van der Waals surface area contributed by atoms with Gasteiger partial charge in [0.05, 0.1) is 6.54 Å². The van der Waals surface area contributed by atoms with Crippen molar-refractivity contribution in [2.75, 3.05) is 25.9 Å². The third kappa shape index (κ3) is 3.48. The van der Waals surface area contributed by atoms with E-state index in [0.717, 1.165) is 5.75 Å². The molecule has 1 aromatic heterocycles. The van der Waals surface area contributed by atoms with Gasteiger partial charge in [-0.3, -0.25) is 9.89 Å². The highest BCUT2D eigenvalue weighted by Gasteiger charge is 2.13. The van der Waals surface area contributed by atoms with E-state index in [0.29, 0.717) is 24.7 Å². The van der Waals surface area contributed by atoms with E-state index in [1.807, 2.05) is 30.3 Å². The normalized spacial score (nSPS) is 10.2. The molecule has 1 aromatic carbocycles. The van der Waals surface area contributed by atoms with E-state index in [4.69, 9.17) is 10.5 Å². The number of carbonyl (C=O) groups excluding carboxylic acids is 1. The van der Waals surface area contributed by atoms with Gasteiger partial charge >= 0.3 is 0 Å². The third-order valence-corrected chi connectivity index (χ3v) is 2.61. The lowest BCUT2D eigenvalue weighted by molar-refractivity contribution is 0.0768. The van der Waals surface area contributed by atoms with Crippen molar-refractivity contribution in [1.29, 1.82) is 0 Å². The molecular weight excluding hydrogens is 244 g/mol. The second kappa shape index (κ2) is 5.90. The summed E-state index contributed by atoms with van der Waals surface area (Å²) in [5.74, 6) is 0.923. The topological polar surface area (TPSA) is 84.2 Å². The summed E-state index contributed by atoms with van der Waals surface area (Å²) >= 11 is 0. The molecule has 0 aliphatic carbocycles. The Hall–Kier alpha value is -2.50. The molecule has 2 rings (SSSR count). The number of para-hydroxylation sites is 1. The Kier molecular flexibility index (Phi) is 4.02. The molecule has 1 heterocycles. The summed E-state index contributed by atoms with van der Waals surface area (Å²) in [5, 5.41) is 6.31. The fourth-order valence-electron chi connectivity index (χ4n) is 1.57. The van der Waals surface area contributed by atoms with Crippen LogP contribution in [0, 0.1) is 0 Å². The first kappa shape index (κ1) is 12.9. The zero-order chi connectivity index (χ0) is 13.7. The molecule has 0 aliphatic rings. The number of H-pyrrole nitrogens is 1. The van der Waals surface area contributed by atoms with Crippen molar-refractivity contribution in [3.63, 3.8) is 0 Å². The van der Waals surface area contributed by atoms with Crippen LogP contribution < -0.4 is 10.5 Å². The van der Waals surface area contributed by atoms with Crippen molar-refractivity contribution in [2.24, 2.45) is 0 Å². The highest BCUT2D eigenvalue weighted by atomic mass is 16.5. The number of nitrogens with two attached hydrogens (primary N) is 1. The molecule has 0 saturated carbocycles. The molecule has 19 heavy (non-hydrogen) atoms. The summed E-state index contributed by atoms with van der Waals surface area (Å²) in [6.07, 6.45) is 0. The van der Waals surface area contributed by atoms with E-state index in [9.17, 15) is 4.79 Å². The molecule has 0 fully saturated rings. The van der Waals surface area contributed by atoms with Gasteiger partial charge < -0.3 is 15.4 Å². The number of nitrogens with zero attached hydrogens (tertiary/aromatic N) is 2. The average molecular weight is 260 g/mol. The number of anilines is 1. The molecule has 0 aliphatic heterocycles. The number of nitrogens with one attached hydrogen (secondary N) is 1. The van der Waals surface area contributed by atoms with Crippen LogP contribution in [0.2, 0.25) is 0 Å². The van der Waals surface area contributed by atoms with Crippen molar-refractivity contribution in [3.05, 3.63) is 42.1 Å². The number of amides is 1. The maximum atomic E-state index is 11.9. The number of rotatable bonds is 5. The molecule has 0 bridgehead atoms. The highest BCUT2D eigenvalue weighted by molar-refractivity contribution is 5.92. The largest absolute Gasteiger partial charge is 0.492 e. The van der Waals surface area contributed by atoms with Gasteiger partial charge in [-0.1, -0.05) is 18.2 Å². The van der Waals surface area contributed by atoms with Gasteiger partial charge in [0.15, 0.2) is 0 Å². The van der Waals surface area contributed by atoms with Gasteiger partial charge in [-0.15, -0.1) is 0 Å². The first-order valence-corrected chi connectivity index (χ1v) is 5.91. The number of aromatic amines is 1. The third-order valence-electron chi connectivity index (χ3n) is 2.61. The standard InChI is InChI=1S/C13H16N4O2/c1-17(13(18)11-9-12(14)16-15-11)7-8-19-10-5-3-2-4-6-10/h2-6,9H,7-8H2,1H3,(H3,14,15,16). The summed E-state index contributed by atoms with van der Waals surface area (Å²) in [7, 11) is 1.70. The van der Waals surface area contributed by atoms with Crippen LogP contribution in [-0.2, 0) is 0 Å². The Morgan fingerprint density at radius 3 is 2.79 bits per heavy atom. The predicted octanol–water partition coefficient (Wildman–Crippen LogP) is 1.14. The van der Waals surface area contributed by atoms with Crippen LogP contribution in [0.25, 0.3) is 0 Å². The Morgan fingerprint density at radius 1 is 1.42 bits per heavy atom. The van der Waals surface area contributed by atoms with Gasteiger partial charge in [-0.05, 0) is 12.1 Å². The molecule has 6 nitrogen and oxygen atoms in total. The lowest BCUT2D eigenvalue weighted by atomic mass is 10.3. The van der Waals surface area contributed by atoms with Crippen LogP contribution in [-0.4, -0.2) is 41.2 Å². The molecule has 100 valence electrons. The van der Waals surface area contributed by atoms with Gasteiger partial charge in [0.1, 0.15) is 23.9 Å².